The molecular weight excluding hydrogens is 244 g/mol. The average molecular weight is 255 g/mol. The van der Waals surface area contributed by atoms with Gasteiger partial charge in [0.2, 0.25) is 0 Å². The molecule has 0 unspecified atom stereocenters. The van der Waals surface area contributed by atoms with Crippen LogP contribution in [0.1, 0.15) is 0 Å². The lowest BCUT2D eigenvalue weighted by Crippen LogP contribution is -1.91. The van der Waals surface area contributed by atoms with Gasteiger partial charge in [-0.05, 0) is 17.5 Å². The maximum absolute atomic E-state index is 6.03. The molecule has 2 nitrogen and oxygen atoms in total. The molecule has 0 aliphatic rings. The van der Waals surface area contributed by atoms with Gasteiger partial charge < -0.3 is 5.73 Å². The third-order valence-electron chi connectivity index (χ3n) is 2.97. The maximum atomic E-state index is 6.03. The van der Waals surface area contributed by atoms with Crippen LogP contribution < -0.4 is 5.73 Å². The Morgan fingerprint density at radius 1 is 0.944 bits per heavy atom. The van der Waals surface area contributed by atoms with E-state index in [1.165, 1.54) is 0 Å². The second kappa shape index (κ2) is 4.31. The highest BCUT2D eigenvalue weighted by atomic mass is 35.5. The number of hydrogen-bond acceptors (Lipinski definition) is 2. The molecule has 0 bridgehead atoms. The van der Waals surface area contributed by atoms with Gasteiger partial charge in [0.1, 0.15) is 0 Å². The van der Waals surface area contributed by atoms with E-state index in [1.54, 1.807) is 6.07 Å². The van der Waals surface area contributed by atoms with E-state index in [2.05, 4.69) is 11.1 Å². The standard InChI is InChI=1S/C15H11ClN2/c16-11-5-6-13(15(17)7-11)14-9-18-8-10-3-1-2-4-12(10)14/h1-9H,17H2. The van der Waals surface area contributed by atoms with Gasteiger partial charge in [0.25, 0.3) is 0 Å². The monoisotopic (exact) mass is 254 g/mol. The summed E-state index contributed by atoms with van der Waals surface area (Å²) in [6.07, 6.45) is 3.69. The fraction of sp³-hybridized carbons (Fsp3) is 0. The van der Waals surface area contributed by atoms with Gasteiger partial charge in [-0.2, -0.15) is 0 Å². The summed E-state index contributed by atoms with van der Waals surface area (Å²) < 4.78 is 0. The highest BCUT2D eigenvalue weighted by Gasteiger charge is 2.07. The molecule has 0 saturated heterocycles. The number of benzene rings is 2. The second-order valence-corrected chi connectivity index (χ2v) is 4.58. The van der Waals surface area contributed by atoms with E-state index in [9.17, 15) is 0 Å². The molecule has 0 amide bonds. The molecule has 0 aliphatic carbocycles. The molecule has 0 aliphatic heterocycles. The fourth-order valence-corrected chi connectivity index (χ4v) is 2.29. The molecule has 0 saturated carbocycles. The van der Waals surface area contributed by atoms with Gasteiger partial charge in [-0.1, -0.05) is 41.9 Å². The Labute approximate surface area is 110 Å². The Hall–Kier alpha value is -2.06. The Balaban J connectivity index is 2.31. The lowest BCUT2D eigenvalue weighted by molar-refractivity contribution is 1.36. The van der Waals surface area contributed by atoms with Crippen LogP contribution in [0.3, 0.4) is 0 Å². The Bertz CT molecular complexity index is 717. The highest BCUT2D eigenvalue weighted by molar-refractivity contribution is 6.31. The number of anilines is 1. The summed E-state index contributed by atoms with van der Waals surface area (Å²) in [6, 6.07) is 13.7. The Morgan fingerprint density at radius 2 is 1.78 bits per heavy atom. The molecule has 2 aromatic carbocycles. The molecule has 0 atom stereocenters. The predicted molar refractivity (Wildman–Crippen MR) is 76.6 cm³/mol. The van der Waals surface area contributed by atoms with Crippen molar-refractivity contribution in [2.24, 2.45) is 0 Å². The number of aromatic nitrogens is 1. The molecule has 3 aromatic rings. The van der Waals surface area contributed by atoms with E-state index in [-0.39, 0.29) is 0 Å². The van der Waals surface area contributed by atoms with Crippen LogP contribution in [0.25, 0.3) is 21.9 Å². The third-order valence-corrected chi connectivity index (χ3v) is 3.21. The van der Waals surface area contributed by atoms with Gasteiger partial charge >= 0.3 is 0 Å². The third kappa shape index (κ3) is 1.81. The van der Waals surface area contributed by atoms with Crippen molar-refractivity contribution in [3.8, 4) is 11.1 Å². The van der Waals surface area contributed by atoms with Crippen molar-refractivity contribution in [2.75, 3.05) is 5.73 Å². The van der Waals surface area contributed by atoms with Crippen molar-refractivity contribution >= 4 is 28.1 Å². The molecule has 2 N–H and O–H groups in total. The van der Waals surface area contributed by atoms with Crippen molar-refractivity contribution in [3.05, 3.63) is 59.9 Å². The number of fused-ring (bicyclic) bond motifs is 1. The van der Waals surface area contributed by atoms with Gasteiger partial charge in [-0.15, -0.1) is 0 Å². The van der Waals surface area contributed by atoms with Crippen molar-refractivity contribution in [1.82, 2.24) is 4.98 Å². The zero-order valence-electron chi connectivity index (χ0n) is 9.60. The zero-order chi connectivity index (χ0) is 12.5. The first-order valence-corrected chi connectivity index (χ1v) is 6.01. The van der Waals surface area contributed by atoms with Crippen LogP contribution in [0.2, 0.25) is 5.02 Å². The SMILES string of the molecule is Nc1cc(Cl)ccc1-c1cncc2ccccc12. The first-order chi connectivity index (χ1) is 8.75. The van der Waals surface area contributed by atoms with Crippen molar-refractivity contribution in [3.63, 3.8) is 0 Å². The number of pyridine rings is 1. The zero-order valence-corrected chi connectivity index (χ0v) is 10.4. The average Bonchev–Trinajstić information content (AvgIpc) is 2.38. The number of nitrogens with two attached hydrogens (primary N) is 1. The number of rotatable bonds is 1. The first-order valence-electron chi connectivity index (χ1n) is 5.64. The summed E-state index contributed by atoms with van der Waals surface area (Å²) in [4.78, 5) is 4.26. The molecule has 0 fully saturated rings. The summed E-state index contributed by atoms with van der Waals surface area (Å²) >= 11 is 5.93. The van der Waals surface area contributed by atoms with E-state index in [0.29, 0.717) is 10.7 Å². The molecule has 1 heterocycles. The molecule has 18 heavy (non-hydrogen) atoms. The Morgan fingerprint density at radius 3 is 2.61 bits per heavy atom. The van der Waals surface area contributed by atoms with Crippen LogP contribution in [-0.4, -0.2) is 4.98 Å². The van der Waals surface area contributed by atoms with Crippen molar-refractivity contribution in [2.45, 2.75) is 0 Å². The minimum Gasteiger partial charge on any atom is -0.398 e. The lowest BCUT2D eigenvalue weighted by Gasteiger charge is -2.09. The quantitative estimate of drug-likeness (QED) is 0.663. The number of hydrogen-bond donors (Lipinski definition) is 1. The van der Waals surface area contributed by atoms with E-state index in [4.69, 9.17) is 17.3 Å². The van der Waals surface area contributed by atoms with Crippen LogP contribution in [-0.2, 0) is 0 Å². The van der Waals surface area contributed by atoms with Crippen LogP contribution >= 0.6 is 11.6 Å². The smallest absolute Gasteiger partial charge is 0.0426 e. The molecule has 1 aromatic heterocycles. The summed E-state index contributed by atoms with van der Waals surface area (Å²) in [7, 11) is 0. The van der Waals surface area contributed by atoms with E-state index >= 15 is 0 Å². The van der Waals surface area contributed by atoms with Gasteiger partial charge in [0.05, 0.1) is 0 Å². The van der Waals surface area contributed by atoms with Crippen LogP contribution in [0.4, 0.5) is 5.69 Å². The van der Waals surface area contributed by atoms with Gasteiger partial charge in [-0.25, -0.2) is 0 Å². The second-order valence-electron chi connectivity index (χ2n) is 4.14. The molecule has 3 rings (SSSR count). The largest absolute Gasteiger partial charge is 0.398 e. The Kier molecular flexibility index (Phi) is 2.65. The van der Waals surface area contributed by atoms with E-state index in [0.717, 1.165) is 21.9 Å². The minimum absolute atomic E-state index is 0.643. The summed E-state index contributed by atoms with van der Waals surface area (Å²) in [5.74, 6) is 0. The van der Waals surface area contributed by atoms with Gasteiger partial charge in [-0.3, -0.25) is 4.98 Å². The van der Waals surface area contributed by atoms with Crippen molar-refractivity contribution < 1.29 is 0 Å². The molecule has 3 heteroatoms. The molecule has 0 radical (unpaired) electrons. The van der Waals surface area contributed by atoms with E-state index < -0.39 is 0 Å². The summed E-state index contributed by atoms with van der Waals surface area (Å²) in [6.45, 7) is 0. The fourth-order valence-electron chi connectivity index (χ4n) is 2.11. The predicted octanol–water partition coefficient (Wildman–Crippen LogP) is 4.14. The van der Waals surface area contributed by atoms with Crippen LogP contribution in [0, 0.1) is 0 Å². The maximum Gasteiger partial charge on any atom is 0.0426 e. The molecular formula is C15H11ClN2. The van der Waals surface area contributed by atoms with Crippen molar-refractivity contribution in [1.29, 1.82) is 0 Å². The number of halogens is 1. The number of nitrogen functional groups attached to an aromatic ring is 1. The molecule has 88 valence electrons. The molecule has 0 spiro atoms. The van der Waals surface area contributed by atoms with E-state index in [1.807, 2.05) is 42.7 Å². The topological polar surface area (TPSA) is 38.9 Å². The lowest BCUT2D eigenvalue weighted by atomic mass is 10.00. The van der Waals surface area contributed by atoms with Crippen LogP contribution in [0.5, 0.6) is 0 Å². The highest BCUT2D eigenvalue weighted by Crippen LogP contribution is 2.32. The summed E-state index contributed by atoms with van der Waals surface area (Å²) in [5, 5.41) is 2.88. The first kappa shape index (κ1) is 11.1. The van der Waals surface area contributed by atoms with Gasteiger partial charge in [0.15, 0.2) is 0 Å². The normalized spacial score (nSPS) is 10.7. The van der Waals surface area contributed by atoms with Gasteiger partial charge in [0, 0.05) is 39.6 Å². The summed E-state index contributed by atoms with van der Waals surface area (Å²) in [5.41, 5.74) is 8.69. The minimum atomic E-state index is 0.643. The van der Waals surface area contributed by atoms with Crippen LogP contribution in [0.15, 0.2) is 54.9 Å². The number of nitrogens with zero attached hydrogens (tertiary/aromatic N) is 1.